The summed E-state index contributed by atoms with van der Waals surface area (Å²) in [7, 11) is -3.97. The maximum absolute atomic E-state index is 13.6. The molecule has 2 aromatic carbocycles. The lowest BCUT2D eigenvalue weighted by molar-refractivity contribution is 0.281. The number of hydrogen-bond donors (Lipinski definition) is 2. The van der Waals surface area contributed by atoms with Gasteiger partial charge in [0.1, 0.15) is 5.82 Å². The topological polar surface area (TPSA) is 66.4 Å². The molecule has 0 bridgehead atoms. The van der Waals surface area contributed by atoms with Crippen LogP contribution in [0.3, 0.4) is 0 Å². The number of aliphatic hydroxyl groups excluding tert-OH is 1. The molecule has 0 aliphatic heterocycles. The molecule has 0 radical (unpaired) electrons. The Morgan fingerprint density at radius 3 is 2.62 bits per heavy atom. The van der Waals surface area contributed by atoms with Crippen LogP contribution in [-0.4, -0.2) is 13.5 Å². The first kappa shape index (κ1) is 16.5. The number of aliphatic hydroxyl groups is 1. The number of hydrogen-bond acceptors (Lipinski definition) is 3. The standard InChI is InChI=1S/C13H10ClFINO3S/c14-13-8(7-18)4-11(6-12(13)15)21(19,20)17-10-3-1-2-9(16)5-10/h1-6,17-18H,7H2. The summed E-state index contributed by atoms with van der Waals surface area (Å²) in [5, 5.41) is 8.81. The van der Waals surface area contributed by atoms with Crippen molar-refractivity contribution < 1.29 is 17.9 Å². The average molecular weight is 442 g/mol. The number of halogens is 3. The SMILES string of the molecule is O=S(=O)(Nc1cccc(I)c1)c1cc(F)c(Cl)c(CO)c1. The summed E-state index contributed by atoms with van der Waals surface area (Å²) in [5.41, 5.74) is 0.377. The fourth-order valence-corrected chi connectivity index (χ4v) is 3.48. The molecule has 0 unspecified atom stereocenters. The van der Waals surface area contributed by atoms with Gasteiger partial charge in [0.2, 0.25) is 0 Å². The molecule has 0 heterocycles. The van der Waals surface area contributed by atoms with Crippen LogP contribution in [-0.2, 0) is 16.6 Å². The van der Waals surface area contributed by atoms with Gasteiger partial charge in [-0.1, -0.05) is 17.7 Å². The lowest BCUT2D eigenvalue weighted by Gasteiger charge is -2.10. The zero-order valence-electron chi connectivity index (χ0n) is 10.5. The number of sulfonamides is 1. The third-order valence-corrected chi connectivity index (χ3v) is 5.09. The minimum atomic E-state index is -3.97. The van der Waals surface area contributed by atoms with Gasteiger partial charge in [0, 0.05) is 14.8 Å². The van der Waals surface area contributed by atoms with Gasteiger partial charge >= 0.3 is 0 Å². The summed E-state index contributed by atoms with van der Waals surface area (Å²) >= 11 is 7.69. The largest absolute Gasteiger partial charge is 0.392 e. The van der Waals surface area contributed by atoms with E-state index < -0.39 is 22.4 Å². The fraction of sp³-hybridized carbons (Fsp3) is 0.0769. The minimum absolute atomic E-state index is 0.0136. The van der Waals surface area contributed by atoms with E-state index in [0.717, 1.165) is 15.7 Å². The molecule has 0 aromatic heterocycles. The Labute approximate surface area is 140 Å². The average Bonchev–Trinajstić information content (AvgIpc) is 2.41. The molecule has 2 N–H and O–H groups in total. The maximum atomic E-state index is 13.6. The van der Waals surface area contributed by atoms with Crippen LogP contribution >= 0.6 is 34.2 Å². The van der Waals surface area contributed by atoms with Gasteiger partial charge in [-0.15, -0.1) is 0 Å². The predicted molar refractivity (Wildman–Crippen MR) is 87.3 cm³/mol. The number of rotatable bonds is 4. The second-order valence-electron chi connectivity index (χ2n) is 4.15. The summed E-state index contributed by atoms with van der Waals surface area (Å²) in [6, 6.07) is 8.68. The zero-order valence-corrected chi connectivity index (χ0v) is 14.2. The molecule has 2 rings (SSSR count). The van der Waals surface area contributed by atoms with E-state index in [-0.39, 0.29) is 15.5 Å². The second-order valence-corrected chi connectivity index (χ2v) is 7.46. The lowest BCUT2D eigenvalue weighted by atomic mass is 10.2. The molecule has 0 atom stereocenters. The highest BCUT2D eigenvalue weighted by atomic mass is 127. The fourth-order valence-electron chi connectivity index (χ4n) is 1.65. The van der Waals surface area contributed by atoms with E-state index in [9.17, 15) is 12.8 Å². The Hall–Kier alpha value is -0.900. The third kappa shape index (κ3) is 3.85. The van der Waals surface area contributed by atoms with E-state index in [4.69, 9.17) is 16.7 Å². The quantitative estimate of drug-likeness (QED) is 0.715. The van der Waals surface area contributed by atoms with Crippen molar-refractivity contribution in [1.82, 2.24) is 0 Å². The van der Waals surface area contributed by atoms with Crippen LogP contribution in [0.1, 0.15) is 5.56 Å². The number of benzene rings is 2. The number of anilines is 1. The van der Waals surface area contributed by atoms with Crippen LogP contribution < -0.4 is 4.72 Å². The highest BCUT2D eigenvalue weighted by Crippen LogP contribution is 2.26. The van der Waals surface area contributed by atoms with Crippen LogP contribution in [0, 0.1) is 9.39 Å². The highest BCUT2D eigenvalue weighted by Gasteiger charge is 2.19. The Morgan fingerprint density at radius 1 is 1.29 bits per heavy atom. The molecule has 0 spiro atoms. The molecule has 8 heteroatoms. The van der Waals surface area contributed by atoms with Crippen molar-refractivity contribution in [3.63, 3.8) is 0 Å². The number of nitrogens with one attached hydrogen (secondary N) is 1. The second kappa shape index (κ2) is 6.47. The normalized spacial score (nSPS) is 11.4. The van der Waals surface area contributed by atoms with Gasteiger partial charge in [0.05, 0.1) is 16.5 Å². The zero-order chi connectivity index (χ0) is 15.6. The summed E-state index contributed by atoms with van der Waals surface area (Å²) in [5.74, 6) is -0.897. The van der Waals surface area contributed by atoms with Gasteiger partial charge in [-0.05, 0) is 52.9 Å². The smallest absolute Gasteiger partial charge is 0.262 e. The molecule has 4 nitrogen and oxygen atoms in total. The van der Waals surface area contributed by atoms with E-state index in [2.05, 4.69) is 4.72 Å². The molecule has 0 fully saturated rings. The van der Waals surface area contributed by atoms with Gasteiger partial charge in [0.15, 0.2) is 0 Å². The summed E-state index contributed by atoms with van der Waals surface area (Å²) < 4.78 is 41.3. The summed E-state index contributed by atoms with van der Waals surface area (Å²) in [4.78, 5) is -0.299. The van der Waals surface area contributed by atoms with Crippen molar-refractivity contribution >= 4 is 49.9 Å². The van der Waals surface area contributed by atoms with Crippen molar-refractivity contribution in [2.24, 2.45) is 0 Å². The van der Waals surface area contributed by atoms with Crippen LogP contribution in [0.5, 0.6) is 0 Å². The van der Waals surface area contributed by atoms with Gasteiger partial charge in [-0.2, -0.15) is 0 Å². The Balaban J connectivity index is 2.42. The molecule has 0 saturated heterocycles. The van der Waals surface area contributed by atoms with Crippen LogP contribution in [0.2, 0.25) is 5.02 Å². The third-order valence-electron chi connectivity index (χ3n) is 2.63. The molecule has 0 aliphatic carbocycles. The van der Waals surface area contributed by atoms with E-state index in [1.165, 1.54) is 0 Å². The van der Waals surface area contributed by atoms with Crippen molar-refractivity contribution in [3.8, 4) is 0 Å². The minimum Gasteiger partial charge on any atom is -0.392 e. The van der Waals surface area contributed by atoms with Gasteiger partial charge in [0.25, 0.3) is 10.0 Å². The van der Waals surface area contributed by atoms with E-state index in [0.29, 0.717) is 5.69 Å². The van der Waals surface area contributed by atoms with E-state index >= 15 is 0 Å². The highest BCUT2D eigenvalue weighted by molar-refractivity contribution is 14.1. The molecule has 21 heavy (non-hydrogen) atoms. The summed E-state index contributed by atoms with van der Waals surface area (Å²) in [6.07, 6.45) is 0. The Morgan fingerprint density at radius 2 is 2.00 bits per heavy atom. The molecule has 0 saturated carbocycles. The van der Waals surface area contributed by atoms with Gasteiger partial charge in [-0.3, -0.25) is 4.72 Å². The monoisotopic (exact) mass is 441 g/mol. The first-order valence-electron chi connectivity index (χ1n) is 5.70. The van der Waals surface area contributed by atoms with Crippen molar-refractivity contribution in [1.29, 1.82) is 0 Å². The molecular weight excluding hydrogens is 432 g/mol. The first-order chi connectivity index (χ1) is 9.83. The van der Waals surface area contributed by atoms with Gasteiger partial charge < -0.3 is 5.11 Å². The van der Waals surface area contributed by atoms with E-state index in [1.807, 2.05) is 28.7 Å². The first-order valence-corrected chi connectivity index (χ1v) is 8.64. The van der Waals surface area contributed by atoms with E-state index in [1.54, 1.807) is 18.2 Å². The van der Waals surface area contributed by atoms with Crippen molar-refractivity contribution in [3.05, 3.63) is 56.4 Å². The van der Waals surface area contributed by atoms with Gasteiger partial charge in [-0.25, -0.2) is 12.8 Å². The Bertz CT molecular complexity index is 783. The predicted octanol–water partition coefficient (Wildman–Crippen LogP) is 3.38. The van der Waals surface area contributed by atoms with Crippen molar-refractivity contribution in [2.75, 3.05) is 4.72 Å². The summed E-state index contributed by atoms with van der Waals surface area (Å²) in [6.45, 7) is -0.553. The van der Waals surface area contributed by atoms with Crippen LogP contribution in [0.25, 0.3) is 0 Å². The molecule has 0 amide bonds. The molecule has 2 aromatic rings. The van der Waals surface area contributed by atoms with Crippen LogP contribution in [0.4, 0.5) is 10.1 Å². The lowest BCUT2D eigenvalue weighted by Crippen LogP contribution is -2.14. The maximum Gasteiger partial charge on any atom is 0.262 e. The molecular formula is C13H10ClFINO3S. The van der Waals surface area contributed by atoms with Crippen molar-refractivity contribution in [2.45, 2.75) is 11.5 Å². The molecule has 0 aliphatic rings. The molecule has 112 valence electrons. The Kier molecular flexibility index (Phi) is 5.07. The van der Waals surface area contributed by atoms with Crippen LogP contribution in [0.15, 0.2) is 41.3 Å².